The fraction of sp³-hybridized carbons (Fsp3) is 0.222. The van der Waals surface area contributed by atoms with E-state index in [0.717, 1.165) is 0 Å². The standard InChI is InChI=1S/C18H20N2O4/c1-21-15-7-3-5-13(11-19)17(15)23-9-10-24-18-14(12-20)6-4-8-16(18)22-2/h3-8,11-12,19-20H,9-10H2,1-2H3. The van der Waals surface area contributed by atoms with Gasteiger partial charge in [-0.1, -0.05) is 12.1 Å². The molecule has 0 unspecified atom stereocenters. The third-order valence-corrected chi connectivity index (χ3v) is 3.35. The molecule has 126 valence electrons. The maximum absolute atomic E-state index is 7.44. The molecule has 0 spiro atoms. The number of hydrogen-bond donors (Lipinski definition) is 2. The van der Waals surface area contributed by atoms with Gasteiger partial charge in [0.25, 0.3) is 0 Å². The van der Waals surface area contributed by atoms with Crippen molar-refractivity contribution in [1.29, 1.82) is 10.8 Å². The zero-order chi connectivity index (χ0) is 17.4. The van der Waals surface area contributed by atoms with Crippen molar-refractivity contribution in [1.82, 2.24) is 0 Å². The molecule has 2 aromatic carbocycles. The lowest BCUT2D eigenvalue weighted by atomic mass is 10.2. The van der Waals surface area contributed by atoms with Gasteiger partial charge >= 0.3 is 0 Å². The maximum Gasteiger partial charge on any atom is 0.170 e. The first kappa shape index (κ1) is 17.3. The molecule has 0 radical (unpaired) electrons. The quantitative estimate of drug-likeness (QED) is 0.547. The number of methoxy groups -OCH3 is 2. The van der Waals surface area contributed by atoms with Crippen molar-refractivity contribution in [3.8, 4) is 23.0 Å². The highest BCUT2D eigenvalue weighted by molar-refractivity contribution is 5.83. The monoisotopic (exact) mass is 328 g/mol. The van der Waals surface area contributed by atoms with Crippen LogP contribution in [0.3, 0.4) is 0 Å². The van der Waals surface area contributed by atoms with Crippen molar-refractivity contribution in [2.75, 3.05) is 27.4 Å². The van der Waals surface area contributed by atoms with Crippen molar-refractivity contribution in [2.45, 2.75) is 0 Å². The Morgan fingerprint density at radius 3 is 1.50 bits per heavy atom. The van der Waals surface area contributed by atoms with E-state index in [1.807, 2.05) is 0 Å². The second kappa shape index (κ2) is 8.57. The van der Waals surface area contributed by atoms with Crippen molar-refractivity contribution in [2.24, 2.45) is 0 Å². The average molecular weight is 328 g/mol. The van der Waals surface area contributed by atoms with Gasteiger partial charge in [0.2, 0.25) is 0 Å². The largest absolute Gasteiger partial charge is 0.493 e. The molecular formula is C18H20N2O4. The molecule has 0 aliphatic rings. The molecule has 2 N–H and O–H groups in total. The van der Waals surface area contributed by atoms with Crippen molar-refractivity contribution in [3.63, 3.8) is 0 Å². The molecule has 0 heterocycles. The highest BCUT2D eigenvalue weighted by atomic mass is 16.5. The number of nitrogens with one attached hydrogen (secondary N) is 2. The lowest BCUT2D eigenvalue weighted by Gasteiger charge is -2.15. The molecule has 0 amide bonds. The van der Waals surface area contributed by atoms with Gasteiger partial charge in [-0.3, -0.25) is 0 Å². The van der Waals surface area contributed by atoms with Crippen LogP contribution in [0.1, 0.15) is 11.1 Å². The fourth-order valence-electron chi connectivity index (χ4n) is 2.21. The maximum atomic E-state index is 7.44. The topological polar surface area (TPSA) is 84.6 Å². The van der Waals surface area contributed by atoms with Crippen LogP contribution in [-0.2, 0) is 0 Å². The summed E-state index contributed by atoms with van der Waals surface area (Å²) in [7, 11) is 3.11. The molecule has 0 saturated carbocycles. The van der Waals surface area contributed by atoms with Crippen LogP contribution in [0.4, 0.5) is 0 Å². The number of rotatable bonds is 9. The molecule has 2 aromatic rings. The van der Waals surface area contributed by atoms with Crippen molar-refractivity contribution >= 4 is 12.4 Å². The van der Waals surface area contributed by atoms with Crippen LogP contribution in [0.2, 0.25) is 0 Å². The number of para-hydroxylation sites is 2. The van der Waals surface area contributed by atoms with Crippen molar-refractivity contribution in [3.05, 3.63) is 47.5 Å². The van der Waals surface area contributed by atoms with Crippen LogP contribution < -0.4 is 18.9 Å². The van der Waals surface area contributed by atoms with E-state index in [-0.39, 0.29) is 13.2 Å². The second-order valence-corrected chi connectivity index (χ2v) is 4.74. The minimum absolute atomic E-state index is 0.261. The number of hydrogen-bond acceptors (Lipinski definition) is 6. The van der Waals surface area contributed by atoms with Gasteiger partial charge in [-0.15, -0.1) is 0 Å². The molecule has 0 aromatic heterocycles. The molecule has 6 heteroatoms. The molecule has 0 aliphatic heterocycles. The average Bonchev–Trinajstić information content (AvgIpc) is 2.64. The van der Waals surface area contributed by atoms with Gasteiger partial charge in [-0.05, 0) is 24.3 Å². The van der Waals surface area contributed by atoms with Gasteiger partial charge in [-0.25, -0.2) is 0 Å². The first-order valence-electron chi connectivity index (χ1n) is 7.35. The summed E-state index contributed by atoms with van der Waals surface area (Å²) < 4.78 is 22.0. The highest BCUT2D eigenvalue weighted by Gasteiger charge is 2.11. The number of ether oxygens (including phenoxy) is 4. The van der Waals surface area contributed by atoms with Crippen LogP contribution in [0.5, 0.6) is 23.0 Å². The Bertz CT molecular complexity index is 655. The Morgan fingerprint density at radius 2 is 1.17 bits per heavy atom. The SMILES string of the molecule is COc1cccc(C=N)c1OCCOc1c(C=N)cccc1OC. The smallest absolute Gasteiger partial charge is 0.170 e. The van der Waals surface area contributed by atoms with E-state index in [1.54, 1.807) is 50.6 Å². The van der Waals surface area contributed by atoms with Crippen LogP contribution in [0, 0.1) is 10.8 Å². The van der Waals surface area contributed by atoms with Crippen molar-refractivity contribution < 1.29 is 18.9 Å². The van der Waals surface area contributed by atoms with E-state index >= 15 is 0 Å². The lowest BCUT2D eigenvalue weighted by Crippen LogP contribution is -2.12. The van der Waals surface area contributed by atoms with Crippen LogP contribution in [0.25, 0.3) is 0 Å². The Morgan fingerprint density at radius 1 is 0.750 bits per heavy atom. The molecule has 6 nitrogen and oxygen atoms in total. The summed E-state index contributed by atoms with van der Waals surface area (Å²) in [6.45, 7) is 0.521. The van der Waals surface area contributed by atoms with E-state index < -0.39 is 0 Å². The van der Waals surface area contributed by atoms with Gasteiger partial charge in [0.1, 0.15) is 13.2 Å². The first-order chi connectivity index (χ1) is 11.7. The Labute approximate surface area is 141 Å². The van der Waals surface area contributed by atoms with Gasteiger partial charge in [0.05, 0.1) is 14.2 Å². The molecule has 24 heavy (non-hydrogen) atoms. The summed E-state index contributed by atoms with van der Waals surface area (Å²) in [5.74, 6) is 2.14. The summed E-state index contributed by atoms with van der Waals surface area (Å²) in [5.41, 5.74) is 1.26. The Kier molecular flexibility index (Phi) is 6.19. The minimum atomic E-state index is 0.261. The van der Waals surface area contributed by atoms with Crippen LogP contribution >= 0.6 is 0 Å². The van der Waals surface area contributed by atoms with E-state index in [2.05, 4.69) is 0 Å². The van der Waals surface area contributed by atoms with E-state index in [0.29, 0.717) is 34.1 Å². The third-order valence-electron chi connectivity index (χ3n) is 3.35. The molecule has 2 rings (SSSR count). The second-order valence-electron chi connectivity index (χ2n) is 4.74. The zero-order valence-corrected chi connectivity index (χ0v) is 13.7. The molecule has 0 atom stereocenters. The summed E-state index contributed by atoms with van der Waals surface area (Å²) >= 11 is 0. The predicted octanol–water partition coefficient (Wildman–Crippen LogP) is 3.16. The lowest BCUT2D eigenvalue weighted by molar-refractivity contribution is 0.206. The zero-order valence-electron chi connectivity index (χ0n) is 13.7. The number of benzene rings is 2. The van der Waals surface area contributed by atoms with Crippen LogP contribution in [0.15, 0.2) is 36.4 Å². The molecule has 0 bridgehead atoms. The summed E-state index contributed by atoms with van der Waals surface area (Å²) in [6.07, 6.45) is 2.43. The normalized spacial score (nSPS) is 9.92. The van der Waals surface area contributed by atoms with Gasteiger partial charge in [0, 0.05) is 23.6 Å². The summed E-state index contributed by atoms with van der Waals surface area (Å²) in [5, 5.41) is 14.9. The summed E-state index contributed by atoms with van der Waals surface area (Å²) in [6, 6.07) is 10.7. The third kappa shape index (κ3) is 3.84. The van der Waals surface area contributed by atoms with E-state index in [4.69, 9.17) is 29.8 Å². The summed E-state index contributed by atoms with van der Waals surface area (Å²) in [4.78, 5) is 0. The van der Waals surface area contributed by atoms with E-state index in [1.165, 1.54) is 12.4 Å². The fourth-order valence-corrected chi connectivity index (χ4v) is 2.21. The van der Waals surface area contributed by atoms with Gasteiger partial charge in [0.15, 0.2) is 23.0 Å². The van der Waals surface area contributed by atoms with Gasteiger partial charge in [-0.2, -0.15) is 0 Å². The molecule has 0 saturated heterocycles. The molecule has 0 aliphatic carbocycles. The predicted molar refractivity (Wildman–Crippen MR) is 92.7 cm³/mol. The highest BCUT2D eigenvalue weighted by Crippen LogP contribution is 2.31. The first-order valence-corrected chi connectivity index (χ1v) is 7.35. The molecular weight excluding hydrogens is 308 g/mol. The Balaban J connectivity index is 2.04. The van der Waals surface area contributed by atoms with Gasteiger partial charge < -0.3 is 29.8 Å². The molecule has 0 fully saturated rings. The van der Waals surface area contributed by atoms with E-state index in [9.17, 15) is 0 Å². The Hall–Kier alpha value is -3.02. The van der Waals surface area contributed by atoms with Crippen LogP contribution in [-0.4, -0.2) is 39.9 Å². The minimum Gasteiger partial charge on any atom is -0.493 e.